The fourth-order valence-corrected chi connectivity index (χ4v) is 2.77. The van der Waals surface area contributed by atoms with E-state index in [1.165, 1.54) is 0 Å². The number of benzene rings is 1. The van der Waals surface area contributed by atoms with Gasteiger partial charge in [0.1, 0.15) is 0 Å². The third kappa shape index (κ3) is 8.08. The van der Waals surface area contributed by atoms with E-state index in [1.54, 1.807) is 34.1 Å². The molecule has 1 aromatic rings. The molecule has 3 amide bonds. The third-order valence-corrected chi connectivity index (χ3v) is 4.14. The summed E-state index contributed by atoms with van der Waals surface area (Å²) in [5.74, 6) is -0.401. The van der Waals surface area contributed by atoms with Gasteiger partial charge >= 0.3 is 0 Å². The first-order valence-electron chi connectivity index (χ1n) is 9.82. The first kappa shape index (κ1) is 23.6. The van der Waals surface area contributed by atoms with Gasteiger partial charge in [-0.3, -0.25) is 19.3 Å². The molecule has 0 unspecified atom stereocenters. The molecular formula is C21H34N4O3. The van der Waals surface area contributed by atoms with Gasteiger partial charge in [0.15, 0.2) is 0 Å². The van der Waals surface area contributed by atoms with Gasteiger partial charge in [-0.1, -0.05) is 13.0 Å². The van der Waals surface area contributed by atoms with Crippen LogP contribution in [0.4, 0.5) is 5.69 Å². The van der Waals surface area contributed by atoms with Crippen molar-refractivity contribution in [2.24, 2.45) is 0 Å². The summed E-state index contributed by atoms with van der Waals surface area (Å²) in [7, 11) is 0. The monoisotopic (exact) mass is 390 g/mol. The zero-order valence-electron chi connectivity index (χ0n) is 18.0. The molecule has 0 spiro atoms. The Morgan fingerprint density at radius 3 is 2.07 bits per heavy atom. The van der Waals surface area contributed by atoms with Crippen LogP contribution in [0.5, 0.6) is 0 Å². The maximum atomic E-state index is 12.5. The maximum Gasteiger partial charge on any atom is 0.253 e. The van der Waals surface area contributed by atoms with E-state index in [2.05, 4.69) is 10.6 Å². The largest absolute Gasteiger partial charge is 0.350 e. The van der Waals surface area contributed by atoms with E-state index < -0.39 is 0 Å². The lowest BCUT2D eigenvalue weighted by Gasteiger charge is -2.24. The van der Waals surface area contributed by atoms with Crippen LogP contribution in [0, 0.1) is 0 Å². The number of anilines is 1. The van der Waals surface area contributed by atoms with Crippen LogP contribution in [-0.2, 0) is 9.59 Å². The molecule has 156 valence electrons. The molecule has 0 aromatic heterocycles. The molecule has 0 fully saturated rings. The van der Waals surface area contributed by atoms with Gasteiger partial charge in [-0.05, 0) is 59.4 Å². The Balaban J connectivity index is 2.70. The van der Waals surface area contributed by atoms with Crippen LogP contribution in [0.1, 0.15) is 51.9 Å². The summed E-state index contributed by atoms with van der Waals surface area (Å²) in [6.45, 7) is 13.6. The molecular weight excluding hydrogens is 356 g/mol. The molecule has 7 heteroatoms. The lowest BCUT2D eigenvalue weighted by atomic mass is 10.1. The van der Waals surface area contributed by atoms with Crippen molar-refractivity contribution in [1.82, 2.24) is 15.1 Å². The second-order valence-corrected chi connectivity index (χ2v) is 7.71. The van der Waals surface area contributed by atoms with Crippen molar-refractivity contribution in [3.63, 3.8) is 0 Å². The predicted octanol–water partition coefficient (Wildman–Crippen LogP) is 2.34. The zero-order valence-corrected chi connectivity index (χ0v) is 18.0. The van der Waals surface area contributed by atoms with Crippen molar-refractivity contribution in [2.75, 3.05) is 38.0 Å². The summed E-state index contributed by atoms with van der Waals surface area (Å²) in [5, 5.41) is 5.71. The highest BCUT2D eigenvalue weighted by atomic mass is 16.2. The van der Waals surface area contributed by atoms with Gasteiger partial charge in [-0.15, -0.1) is 0 Å². The Hall–Kier alpha value is -2.41. The predicted molar refractivity (Wildman–Crippen MR) is 112 cm³/mol. The highest BCUT2D eigenvalue weighted by Crippen LogP contribution is 2.13. The summed E-state index contributed by atoms with van der Waals surface area (Å²) in [6, 6.07) is 6.92. The molecule has 0 heterocycles. The van der Waals surface area contributed by atoms with E-state index >= 15 is 0 Å². The molecule has 0 saturated heterocycles. The standard InChI is InChI=1S/C21H34N4O3/c1-7-24(15-19(27)23-21(4,5)6)14-18(26)22-17-12-10-11-16(13-17)20(28)25(8-2)9-3/h10-13H,7-9,14-15H2,1-6H3,(H,22,26)(H,23,27). The molecule has 7 nitrogen and oxygen atoms in total. The molecule has 0 saturated carbocycles. The van der Waals surface area contributed by atoms with Gasteiger partial charge < -0.3 is 15.5 Å². The molecule has 0 aliphatic rings. The topological polar surface area (TPSA) is 81.8 Å². The minimum atomic E-state index is -0.309. The van der Waals surface area contributed by atoms with Gasteiger partial charge in [0, 0.05) is 29.9 Å². The van der Waals surface area contributed by atoms with Crippen LogP contribution in [0.3, 0.4) is 0 Å². The minimum Gasteiger partial charge on any atom is -0.350 e. The third-order valence-electron chi connectivity index (χ3n) is 4.14. The quantitative estimate of drug-likeness (QED) is 0.678. The number of hydrogen-bond donors (Lipinski definition) is 2. The summed E-state index contributed by atoms with van der Waals surface area (Å²) in [6.07, 6.45) is 0. The van der Waals surface area contributed by atoms with Crippen molar-refractivity contribution in [3.05, 3.63) is 29.8 Å². The molecule has 1 aromatic carbocycles. The van der Waals surface area contributed by atoms with E-state index in [1.807, 2.05) is 41.5 Å². The highest BCUT2D eigenvalue weighted by Gasteiger charge is 2.18. The Morgan fingerprint density at radius 1 is 0.929 bits per heavy atom. The average Bonchev–Trinajstić information content (AvgIpc) is 2.60. The summed E-state index contributed by atoms with van der Waals surface area (Å²) in [4.78, 5) is 40.4. The smallest absolute Gasteiger partial charge is 0.253 e. The van der Waals surface area contributed by atoms with Gasteiger partial charge in [-0.25, -0.2) is 0 Å². The van der Waals surface area contributed by atoms with Crippen LogP contribution in [0.15, 0.2) is 24.3 Å². The zero-order chi connectivity index (χ0) is 21.3. The summed E-state index contributed by atoms with van der Waals surface area (Å²) < 4.78 is 0. The highest BCUT2D eigenvalue weighted by molar-refractivity contribution is 5.97. The fourth-order valence-electron chi connectivity index (χ4n) is 2.77. The minimum absolute atomic E-state index is 0.0601. The molecule has 0 bridgehead atoms. The number of likely N-dealkylation sites (N-methyl/N-ethyl adjacent to an activating group) is 1. The second-order valence-electron chi connectivity index (χ2n) is 7.71. The first-order valence-corrected chi connectivity index (χ1v) is 9.82. The molecule has 0 atom stereocenters. The van der Waals surface area contributed by atoms with Crippen molar-refractivity contribution in [2.45, 2.75) is 47.1 Å². The SMILES string of the molecule is CCN(CC(=O)Nc1cccc(C(=O)N(CC)CC)c1)CC(=O)NC(C)(C)C. The number of carbonyl (C=O) groups is 3. The van der Waals surface area contributed by atoms with Gasteiger partial charge in [0.25, 0.3) is 5.91 Å². The molecule has 0 radical (unpaired) electrons. The molecule has 0 aliphatic heterocycles. The Bertz CT molecular complexity index is 678. The van der Waals surface area contributed by atoms with Crippen molar-refractivity contribution < 1.29 is 14.4 Å². The van der Waals surface area contributed by atoms with Crippen LogP contribution >= 0.6 is 0 Å². The van der Waals surface area contributed by atoms with Crippen LogP contribution < -0.4 is 10.6 Å². The van der Waals surface area contributed by atoms with E-state index in [9.17, 15) is 14.4 Å². The van der Waals surface area contributed by atoms with Crippen LogP contribution in [0.2, 0.25) is 0 Å². The number of nitrogens with zero attached hydrogens (tertiary/aromatic N) is 2. The van der Waals surface area contributed by atoms with Gasteiger partial charge in [0.05, 0.1) is 13.1 Å². The van der Waals surface area contributed by atoms with Crippen molar-refractivity contribution in [3.8, 4) is 0 Å². The van der Waals surface area contributed by atoms with E-state index in [0.29, 0.717) is 30.9 Å². The fraction of sp³-hybridized carbons (Fsp3) is 0.571. The van der Waals surface area contributed by atoms with Gasteiger partial charge in [-0.2, -0.15) is 0 Å². The first-order chi connectivity index (χ1) is 13.1. The Labute approximate surface area is 168 Å². The Kier molecular flexibility index (Phi) is 9.12. The number of carbonyl (C=O) groups excluding carboxylic acids is 3. The lowest BCUT2D eigenvalue weighted by Crippen LogP contribution is -2.47. The summed E-state index contributed by atoms with van der Waals surface area (Å²) >= 11 is 0. The number of amides is 3. The van der Waals surface area contributed by atoms with E-state index in [4.69, 9.17) is 0 Å². The van der Waals surface area contributed by atoms with Gasteiger partial charge in [0.2, 0.25) is 11.8 Å². The summed E-state index contributed by atoms with van der Waals surface area (Å²) in [5.41, 5.74) is 0.799. The van der Waals surface area contributed by atoms with Crippen LogP contribution in [-0.4, -0.2) is 65.8 Å². The number of hydrogen-bond acceptors (Lipinski definition) is 4. The maximum absolute atomic E-state index is 12.5. The molecule has 0 aliphatic carbocycles. The Morgan fingerprint density at radius 2 is 1.54 bits per heavy atom. The lowest BCUT2D eigenvalue weighted by molar-refractivity contribution is -0.124. The van der Waals surface area contributed by atoms with Crippen molar-refractivity contribution >= 4 is 23.4 Å². The van der Waals surface area contributed by atoms with Crippen LogP contribution in [0.25, 0.3) is 0 Å². The number of nitrogens with one attached hydrogen (secondary N) is 2. The molecule has 1 rings (SSSR count). The van der Waals surface area contributed by atoms with E-state index in [-0.39, 0.29) is 36.3 Å². The normalized spacial score (nSPS) is 11.2. The molecule has 28 heavy (non-hydrogen) atoms. The number of rotatable bonds is 9. The molecule has 2 N–H and O–H groups in total. The van der Waals surface area contributed by atoms with E-state index in [0.717, 1.165) is 0 Å². The average molecular weight is 391 g/mol. The second kappa shape index (κ2) is 10.8. The van der Waals surface area contributed by atoms with Crippen molar-refractivity contribution in [1.29, 1.82) is 0 Å².